The largest absolute Gasteiger partial charge is 0.378 e. The zero-order chi connectivity index (χ0) is 25.5. The molecule has 2 fully saturated rings. The maximum absolute atomic E-state index is 14.5. The van der Waals surface area contributed by atoms with E-state index in [0.29, 0.717) is 30.8 Å². The Morgan fingerprint density at radius 1 is 1.05 bits per heavy atom. The van der Waals surface area contributed by atoms with Crippen LogP contribution >= 0.6 is 0 Å². The van der Waals surface area contributed by atoms with Crippen molar-refractivity contribution in [2.75, 3.05) is 35.3 Å². The van der Waals surface area contributed by atoms with Crippen molar-refractivity contribution in [3.8, 4) is 0 Å². The van der Waals surface area contributed by atoms with Crippen LogP contribution in [0.25, 0.3) is 5.65 Å². The number of carbonyl (C=O) groups is 1. The van der Waals surface area contributed by atoms with Gasteiger partial charge in [0.1, 0.15) is 29.2 Å². The summed E-state index contributed by atoms with van der Waals surface area (Å²) in [5, 5.41) is 10.4. The Labute approximate surface area is 210 Å². The van der Waals surface area contributed by atoms with Gasteiger partial charge in [0.05, 0.1) is 38.0 Å². The predicted molar refractivity (Wildman–Crippen MR) is 132 cm³/mol. The van der Waals surface area contributed by atoms with Crippen molar-refractivity contribution >= 4 is 28.7 Å². The molecular formula is C26H23F3N6O2. The molecule has 190 valence electrons. The molecule has 2 atom stereocenters. The molecule has 2 aromatic heterocycles. The summed E-state index contributed by atoms with van der Waals surface area (Å²) < 4.78 is 49.4. The Morgan fingerprint density at radius 2 is 1.84 bits per heavy atom. The maximum Gasteiger partial charge on any atom is 0.261 e. The van der Waals surface area contributed by atoms with Crippen LogP contribution in [0.4, 0.5) is 30.4 Å². The number of halogens is 3. The number of hydrogen-bond acceptors (Lipinski definition) is 6. The number of ether oxygens (including phenoxy) is 1. The predicted octanol–water partition coefficient (Wildman–Crippen LogP) is 4.36. The molecule has 0 aliphatic carbocycles. The van der Waals surface area contributed by atoms with Gasteiger partial charge in [-0.15, -0.1) is 0 Å². The molecule has 8 nitrogen and oxygen atoms in total. The number of anilines is 3. The number of carbonyl (C=O) groups excluding carboxylic acids is 1. The summed E-state index contributed by atoms with van der Waals surface area (Å²) in [6.07, 6.45) is 1.76. The second kappa shape index (κ2) is 9.40. The van der Waals surface area contributed by atoms with Gasteiger partial charge in [-0.2, -0.15) is 5.10 Å². The Balaban J connectivity index is 1.25. The quantitative estimate of drug-likeness (QED) is 0.403. The first-order valence-electron chi connectivity index (χ1n) is 11.9. The number of alkyl halides is 1. The summed E-state index contributed by atoms with van der Waals surface area (Å²) in [6.45, 7) is 1.31. The average molecular weight is 509 g/mol. The molecule has 0 unspecified atom stereocenters. The number of hydrogen-bond donors (Lipinski definition) is 2. The third-order valence-electron chi connectivity index (χ3n) is 6.61. The first-order valence-corrected chi connectivity index (χ1v) is 11.9. The number of benzene rings is 2. The third kappa shape index (κ3) is 4.57. The first kappa shape index (κ1) is 23.3. The molecular weight excluding hydrogens is 485 g/mol. The SMILES string of the molecule is O=C(Nc1ccc(NC2COC2)cc1)c1cnn2ccc(N3C[C@@H](F)C[C@@H]3c3cc(F)ccc3F)nc12. The molecule has 2 saturated heterocycles. The van der Waals surface area contributed by atoms with Crippen LogP contribution in [0.1, 0.15) is 28.4 Å². The van der Waals surface area contributed by atoms with Gasteiger partial charge < -0.3 is 20.3 Å². The Hall–Kier alpha value is -4.12. The maximum atomic E-state index is 14.5. The topological polar surface area (TPSA) is 83.8 Å². The number of amides is 1. The second-order valence-electron chi connectivity index (χ2n) is 9.19. The minimum Gasteiger partial charge on any atom is -0.378 e. The van der Waals surface area contributed by atoms with Crippen LogP contribution < -0.4 is 15.5 Å². The smallest absolute Gasteiger partial charge is 0.261 e. The normalized spacial score (nSPS) is 19.7. The second-order valence-corrected chi connectivity index (χ2v) is 9.19. The lowest BCUT2D eigenvalue weighted by molar-refractivity contribution is 0.0211. The van der Waals surface area contributed by atoms with Crippen LogP contribution in [0.2, 0.25) is 0 Å². The van der Waals surface area contributed by atoms with E-state index in [1.54, 1.807) is 29.3 Å². The van der Waals surface area contributed by atoms with Gasteiger partial charge in [0.2, 0.25) is 0 Å². The fourth-order valence-electron chi connectivity index (χ4n) is 4.69. The van der Waals surface area contributed by atoms with E-state index in [4.69, 9.17) is 4.74 Å². The van der Waals surface area contributed by atoms with E-state index in [-0.39, 0.29) is 29.7 Å². The zero-order valence-electron chi connectivity index (χ0n) is 19.6. The monoisotopic (exact) mass is 508 g/mol. The van der Waals surface area contributed by atoms with Crippen LogP contribution in [-0.4, -0.2) is 52.5 Å². The van der Waals surface area contributed by atoms with E-state index in [2.05, 4.69) is 20.7 Å². The fourth-order valence-corrected chi connectivity index (χ4v) is 4.69. The van der Waals surface area contributed by atoms with E-state index in [0.717, 1.165) is 23.9 Å². The minimum absolute atomic E-state index is 0.00153. The lowest BCUT2D eigenvalue weighted by Gasteiger charge is -2.27. The summed E-state index contributed by atoms with van der Waals surface area (Å²) in [5.74, 6) is -1.28. The molecule has 2 aliphatic heterocycles. The lowest BCUT2D eigenvalue weighted by Crippen LogP contribution is -2.40. The van der Waals surface area contributed by atoms with Crippen molar-refractivity contribution < 1.29 is 22.7 Å². The van der Waals surface area contributed by atoms with Crippen molar-refractivity contribution in [3.05, 3.63) is 83.7 Å². The zero-order valence-corrected chi connectivity index (χ0v) is 19.6. The number of fused-ring (bicyclic) bond motifs is 1. The van der Waals surface area contributed by atoms with Crippen molar-refractivity contribution in [2.24, 2.45) is 0 Å². The summed E-state index contributed by atoms with van der Waals surface area (Å²) in [7, 11) is 0. The van der Waals surface area contributed by atoms with Crippen LogP contribution in [0.15, 0.2) is 60.9 Å². The first-order chi connectivity index (χ1) is 17.9. The van der Waals surface area contributed by atoms with Gasteiger partial charge in [-0.05, 0) is 48.5 Å². The van der Waals surface area contributed by atoms with Crippen LogP contribution in [-0.2, 0) is 4.74 Å². The van der Waals surface area contributed by atoms with Crippen LogP contribution in [0.3, 0.4) is 0 Å². The molecule has 6 rings (SSSR count). The van der Waals surface area contributed by atoms with Gasteiger partial charge in [0, 0.05) is 29.6 Å². The minimum atomic E-state index is -1.24. The van der Waals surface area contributed by atoms with Gasteiger partial charge in [0.25, 0.3) is 5.91 Å². The summed E-state index contributed by atoms with van der Waals surface area (Å²) in [5.41, 5.74) is 2.07. The summed E-state index contributed by atoms with van der Waals surface area (Å²) in [6, 6.07) is 11.6. The molecule has 37 heavy (non-hydrogen) atoms. The highest BCUT2D eigenvalue weighted by Gasteiger charge is 2.36. The van der Waals surface area contributed by atoms with Gasteiger partial charge >= 0.3 is 0 Å². The molecule has 2 aliphatic rings. The standard InChI is InChI=1S/C26H23F3N6O2/c27-15-1-6-22(29)20(9-15)23-10-16(28)12-34(23)24-7-8-35-25(33-24)21(11-30-35)26(36)32-18-4-2-17(3-5-18)31-19-13-37-14-19/h1-9,11,16,19,23,31H,10,12-14H2,(H,32,36)/t16-,23+/m0/s1. The molecule has 11 heteroatoms. The Bertz CT molecular complexity index is 1460. The molecule has 4 aromatic rings. The summed E-state index contributed by atoms with van der Waals surface area (Å²) >= 11 is 0. The number of nitrogens with one attached hydrogen (secondary N) is 2. The van der Waals surface area contributed by atoms with E-state index < -0.39 is 29.8 Å². The van der Waals surface area contributed by atoms with Crippen molar-refractivity contribution in [2.45, 2.75) is 24.7 Å². The number of aromatic nitrogens is 3. The van der Waals surface area contributed by atoms with E-state index in [1.165, 1.54) is 10.7 Å². The third-order valence-corrected chi connectivity index (χ3v) is 6.61. The molecule has 4 heterocycles. The molecule has 0 spiro atoms. The van der Waals surface area contributed by atoms with E-state index in [9.17, 15) is 18.0 Å². The van der Waals surface area contributed by atoms with Crippen molar-refractivity contribution in [1.29, 1.82) is 0 Å². The van der Waals surface area contributed by atoms with Crippen LogP contribution in [0, 0.1) is 11.6 Å². The number of nitrogens with zero attached hydrogens (tertiary/aromatic N) is 4. The highest BCUT2D eigenvalue weighted by molar-refractivity contribution is 6.08. The highest BCUT2D eigenvalue weighted by Crippen LogP contribution is 2.38. The molecule has 2 N–H and O–H groups in total. The van der Waals surface area contributed by atoms with Crippen LogP contribution in [0.5, 0.6) is 0 Å². The highest BCUT2D eigenvalue weighted by atomic mass is 19.1. The van der Waals surface area contributed by atoms with E-state index in [1.807, 2.05) is 12.1 Å². The molecule has 0 saturated carbocycles. The van der Waals surface area contributed by atoms with Gasteiger partial charge in [-0.25, -0.2) is 22.7 Å². The molecule has 2 aromatic carbocycles. The summed E-state index contributed by atoms with van der Waals surface area (Å²) in [4.78, 5) is 19.2. The lowest BCUT2D eigenvalue weighted by atomic mass is 10.0. The fraction of sp³-hybridized carbons (Fsp3) is 0.269. The van der Waals surface area contributed by atoms with Gasteiger partial charge in [-0.1, -0.05) is 0 Å². The number of rotatable bonds is 6. The molecule has 0 radical (unpaired) electrons. The van der Waals surface area contributed by atoms with Crippen molar-refractivity contribution in [3.63, 3.8) is 0 Å². The molecule has 0 bridgehead atoms. The Kier molecular flexibility index (Phi) is 5.91. The molecule has 1 amide bonds. The van der Waals surface area contributed by atoms with E-state index >= 15 is 0 Å². The van der Waals surface area contributed by atoms with Gasteiger partial charge in [0.15, 0.2) is 5.65 Å². The average Bonchev–Trinajstić information content (AvgIpc) is 3.47. The van der Waals surface area contributed by atoms with Crippen molar-refractivity contribution in [1.82, 2.24) is 14.6 Å². The Morgan fingerprint density at radius 3 is 2.59 bits per heavy atom. The van der Waals surface area contributed by atoms with Gasteiger partial charge in [-0.3, -0.25) is 4.79 Å².